The summed E-state index contributed by atoms with van der Waals surface area (Å²) in [5.41, 5.74) is -0.980. The Bertz CT molecular complexity index is 1110. The molecular weight excluding hydrogens is 391 g/mol. The molecule has 0 saturated carbocycles. The van der Waals surface area contributed by atoms with Crippen molar-refractivity contribution in [1.82, 2.24) is 9.97 Å². The van der Waals surface area contributed by atoms with Crippen molar-refractivity contribution in [2.75, 3.05) is 6.26 Å². The van der Waals surface area contributed by atoms with Gasteiger partial charge < -0.3 is 4.98 Å². The van der Waals surface area contributed by atoms with E-state index in [1.54, 1.807) is 18.2 Å². The third-order valence-electron chi connectivity index (χ3n) is 3.71. The first-order valence-corrected chi connectivity index (χ1v) is 9.29. The van der Waals surface area contributed by atoms with E-state index in [1.165, 1.54) is 12.1 Å². The van der Waals surface area contributed by atoms with Crippen LogP contribution in [0.2, 0.25) is 0 Å². The van der Waals surface area contributed by atoms with Gasteiger partial charge in [-0.2, -0.15) is 13.2 Å². The van der Waals surface area contributed by atoms with Crippen LogP contribution in [0.3, 0.4) is 0 Å². The maximum atomic E-state index is 14.5. The molecule has 0 bridgehead atoms. The quantitative estimate of drug-likeness (QED) is 0.659. The maximum absolute atomic E-state index is 14.5. The fourth-order valence-corrected chi connectivity index (χ4v) is 3.24. The Morgan fingerprint density at radius 1 is 1.00 bits per heavy atom. The van der Waals surface area contributed by atoms with Crippen molar-refractivity contribution in [2.45, 2.75) is 11.1 Å². The molecule has 142 valence electrons. The highest BCUT2D eigenvalue weighted by Crippen LogP contribution is 2.37. The zero-order valence-corrected chi connectivity index (χ0v) is 14.4. The van der Waals surface area contributed by atoms with E-state index in [2.05, 4.69) is 4.98 Å². The molecular formula is C17H11F5N2O2S. The Kier molecular flexibility index (Phi) is 4.54. The number of halogens is 5. The van der Waals surface area contributed by atoms with Crippen LogP contribution in [0.15, 0.2) is 47.4 Å². The molecule has 1 N–H and O–H groups in total. The fraction of sp³-hybridized carbons (Fsp3) is 0.118. The molecule has 0 unspecified atom stereocenters. The molecule has 0 aliphatic rings. The van der Waals surface area contributed by atoms with E-state index in [1.807, 2.05) is 4.98 Å². The Balaban J connectivity index is 2.29. The topological polar surface area (TPSA) is 62.8 Å². The number of sulfone groups is 1. The summed E-state index contributed by atoms with van der Waals surface area (Å²) in [6.07, 6.45) is -4.15. The molecule has 4 nitrogen and oxygen atoms in total. The number of benzene rings is 2. The number of nitrogens with zero attached hydrogens (tertiary/aromatic N) is 1. The van der Waals surface area contributed by atoms with Crippen molar-refractivity contribution in [3.63, 3.8) is 0 Å². The number of hydrogen-bond donors (Lipinski definition) is 1. The first-order chi connectivity index (χ1) is 12.5. The molecule has 0 aliphatic carbocycles. The number of nitrogens with one attached hydrogen (secondary N) is 1. The molecule has 2 aromatic carbocycles. The third kappa shape index (κ3) is 3.70. The Morgan fingerprint density at radius 2 is 1.63 bits per heavy atom. The summed E-state index contributed by atoms with van der Waals surface area (Å²) >= 11 is 0. The van der Waals surface area contributed by atoms with Crippen molar-refractivity contribution in [2.24, 2.45) is 0 Å². The van der Waals surface area contributed by atoms with Gasteiger partial charge in [0.25, 0.3) is 0 Å². The maximum Gasteiger partial charge on any atom is 0.449 e. The fourth-order valence-electron chi connectivity index (χ4n) is 2.51. The second-order valence-electron chi connectivity index (χ2n) is 5.71. The molecule has 0 aliphatic heterocycles. The second-order valence-corrected chi connectivity index (χ2v) is 7.69. The smallest absolute Gasteiger partial charge is 0.334 e. The van der Waals surface area contributed by atoms with Gasteiger partial charge in [-0.25, -0.2) is 22.2 Å². The number of hydrogen-bond acceptors (Lipinski definition) is 3. The van der Waals surface area contributed by atoms with Crippen LogP contribution < -0.4 is 0 Å². The lowest BCUT2D eigenvalue weighted by molar-refractivity contribution is -0.144. The number of alkyl halides is 3. The predicted octanol–water partition coefficient (Wildman–Crippen LogP) is 4.44. The van der Waals surface area contributed by atoms with Gasteiger partial charge in [-0.3, -0.25) is 0 Å². The second kappa shape index (κ2) is 6.45. The Labute approximate surface area is 150 Å². The summed E-state index contributed by atoms with van der Waals surface area (Å²) in [5.74, 6) is -3.87. The standard InChI is InChI=1S/C17H11F5N2O2S/c1-27(25,26)13-8-11(18)10(7-12(13)19)15-14(9-5-3-2-4-6-9)23-16(24-15)17(20,21)22/h2-8H,1H3,(H,23,24). The van der Waals surface area contributed by atoms with E-state index in [-0.39, 0.29) is 11.3 Å². The van der Waals surface area contributed by atoms with Gasteiger partial charge in [-0.05, 0) is 12.1 Å². The largest absolute Gasteiger partial charge is 0.449 e. The molecule has 3 aromatic rings. The van der Waals surface area contributed by atoms with Crippen LogP contribution in [-0.4, -0.2) is 24.6 Å². The highest BCUT2D eigenvalue weighted by molar-refractivity contribution is 7.90. The SMILES string of the molecule is CS(=O)(=O)c1cc(F)c(-c2[nH]c(C(F)(F)F)nc2-c2ccccc2)cc1F. The lowest BCUT2D eigenvalue weighted by atomic mass is 10.0. The van der Waals surface area contributed by atoms with E-state index in [4.69, 9.17) is 0 Å². The molecule has 0 atom stereocenters. The minimum Gasteiger partial charge on any atom is -0.334 e. The monoisotopic (exact) mass is 402 g/mol. The number of aromatic amines is 1. The highest BCUT2D eigenvalue weighted by atomic mass is 32.2. The van der Waals surface area contributed by atoms with E-state index < -0.39 is 49.6 Å². The van der Waals surface area contributed by atoms with Crippen molar-refractivity contribution >= 4 is 9.84 Å². The molecule has 27 heavy (non-hydrogen) atoms. The first kappa shape index (κ1) is 19.0. The minimum absolute atomic E-state index is 0.242. The average Bonchev–Trinajstić information content (AvgIpc) is 3.02. The summed E-state index contributed by atoms with van der Waals surface area (Å²) in [6, 6.07) is 8.60. The van der Waals surface area contributed by atoms with Crippen molar-refractivity contribution in [3.05, 3.63) is 59.9 Å². The van der Waals surface area contributed by atoms with Crippen LogP contribution in [0.4, 0.5) is 22.0 Å². The highest BCUT2D eigenvalue weighted by Gasteiger charge is 2.36. The zero-order chi connectivity index (χ0) is 20.0. The van der Waals surface area contributed by atoms with E-state index >= 15 is 0 Å². The van der Waals surface area contributed by atoms with Crippen LogP contribution in [0, 0.1) is 11.6 Å². The van der Waals surface area contributed by atoms with Gasteiger partial charge in [0.05, 0.1) is 11.4 Å². The van der Waals surface area contributed by atoms with Gasteiger partial charge in [-0.1, -0.05) is 30.3 Å². The summed E-state index contributed by atoms with van der Waals surface area (Å²) < 4.78 is 90.9. The lowest BCUT2D eigenvalue weighted by Crippen LogP contribution is -2.07. The van der Waals surface area contributed by atoms with Gasteiger partial charge in [0.1, 0.15) is 16.5 Å². The van der Waals surface area contributed by atoms with Crippen molar-refractivity contribution in [3.8, 4) is 22.5 Å². The minimum atomic E-state index is -4.84. The molecule has 3 rings (SSSR count). The molecule has 0 amide bonds. The van der Waals surface area contributed by atoms with Crippen molar-refractivity contribution in [1.29, 1.82) is 0 Å². The van der Waals surface area contributed by atoms with Crippen LogP contribution in [0.1, 0.15) is 5.82 Å². The molecule has 10 heteroatoms. The van der Waals surface area contributed by atoms with E-state index in [0.29, 0.717) is 18.4 Å². The van der Waals surface area contributed by atoms with Crippen LogP contribution >= 0.6 is 0 Å². The molecule has 0 radical (unpaired) electrons. The van der Waals surface area contributed by atoms with Crippen LogP contribution in [-0.2, 0) is 16.0 Å². The molecule has 0 saturated heterocycles. The van der Waals surface area contributed by atoms with Crippen LogP contribution in [0.25, 0.3) is 22.5 Å². The van der Waals surface area contributed by atoms with E-state index in [0.717, 1.165) is 0 Å². The summed E-state index contributed by atoms with van der Waals surface area (Å²) in [4.78, 5) is 4.56. The molecule has 1 aromatic heterocycles. The predicted molar refractivity (Wildman–Crippen MR) is 87.5 cm³/mol. The van der Waals surface area contributed by atoms with Gasteiger partial charge in [0, 0.05) is 17.4 Å². The zero-order valence-electron chi connectivity index (χ0n) is 13.6. The molecule has 0 fully saturated rings. The third-order valence-corrected chi connectivity index (χ3v) is 4.82. The summed E-state index contributed by atoms with van der Waals surface area (Å²) in [6.45, 7) is 0. The summed E-state index contributed by atoms with van der Waals surface area (Å²) in [7, 11) is -4.06. The van der Waals surface area contributed by atoms with Gasteiger partial charge in [-0.15, -0.1) is 0 Å². The van der Waals surface area contributed by atoms with Gasteiger partial charge >= 0.3 is 6.18 Å². The van der Waals surface area contributed by atoms with Crippen molar-refractivity contribution < 1.29 is 30.4 Å². The Hall–Kier alpha value is -2.75. The van der Waals surface area contributed by atoms with Gasteiger partial charge in [0.15, 0.2) is 9.84 Å². The molecule has 0 spiro atoms. The number of H-pyrrole nitrogens is 1. The lowest BCUT2D eigenvalue weighted by Gasteiger charge is -2.08. The van der Waals surface area contributed by atoms with Gasteiger partial charge in [0.2, 0.25) is 5.82 Å². The average molecular weight is 402 g/mol. The normalized spacial score (nSPS) is 12.4. The number of aromatic nitrogens is 2. The Morgan fingerprint density at radius 3 is 2.19 bits per heavy atom. The van der Waals surface area contributed by atoms with Crippen LogP contribution in [0.5, 0.6) is 0 Å². The number of imidazole rings is 1. The number of rotatable bonds is 3. The summed E-state index contributed by atoms with van der Waals surface area (Å²) in [5, 5.41) is 0. The molecule has 1 heterocycles. The first-order valence-electron chi connectivity index (χ1n) is 7.40. The van der Waals surface area contributed by atoms with E-state index in [9.17, 15) is 30.4 Å².